The van der Waals surface area contributed by atoms with Crippen LogP contribution in [0.5, 0.6) is 0 Å². The average molecular weight is 202 g/mol. The molecule has 2 atom stereocenters. The van der Waals surface area contributed by atoms with Crippen LogP contribution in [0.1, 0.15) is 20.8 Å². The standard InChI is InChI=1S/C10H22N2O2/c1-7(2)9(5-11)10(14)12(4)6-8(3)13/h7-9,13H,5-6,11H2,1-4H3. The van der Waals surface area contributed by atoms with Crippen LogP contribution in [-0.2, 0) is 4.79 Å². The first-order chi connectivity index (χ1) is 6.40. The summed E-state index contributed by atoms with van der Waals surface area (Å²) in [6.07, 6.45) is -0.491. The summed E-state index contributed by atoms with van der Waals surface area (Å²) in [6.45, 7) is 6.34. The Labute approximate surface area is 86.1 Å². The molecule has 0 bridgehead atoms. The molecule has 0 aromatic rings. The predicted octanol–water partition coefficient (Wildman–Crippen LogP) is 0.0565. The first-order valence-electron chi connectivity index (χ1n) is 5.03. The van der Waals surface area contributed by atoms with Gasteiger partial charge in [0.1, 0.15) is 0 Å². The van der Waals surface area contributed by atoms with E-state index in [1.54, 1.807) is 18.9 Å². The van der Waals surface area contributed by atoms with E-state index >= 15 is 0 Å². The van der Waals surface area contributed by atoms with Gasteiger partial charge in [-0.05, 0) is 12.8 Å². The Morgan fingerprint density at radius 1 is 1.43 bits per heavy atom. The average Bonchev–Trinajstić information content (AvgIpc) is 2.03. The van der Waals surface area contributed by atoms with Crippen LogP contribution >= 0.6 is 0 Å². The Hall–Kier alpha value is -0.610. The monoisotopic (exact) mass is 202 g/mol. The summed E-state index contributed by atoms with van der Waals surface area (Å²) in [7, 11) is 1.69. The van der Waals surface area contributed by atoms with Crippen molar-refractivity contribution in [2.75, 3.05) is 20.1 Å². The highest BCUT2D eigenvalue weighted by molar-refractivity contribution is 5.79. The number of hydrogen-bond acceptors (Lipinski definition) is 3. The quantitative estimate of drug-likeness (QED) is 0.662. The zero-order valence-electron chi connectivity index (χ0n) is 9.53. The van der Waals surface area contributed by atoms with Gasteiger partial charge in [0.15, 0.2) is 0 Å². The van der Waals surface area contributed by atoms with Crippen LogP contribution in [0.3, 0.4) is 0 Å². The molecule has 0 saturated heterocycles. The predicted molar refractivity (Wildman–Crippen MR) is 56.7 cm³/mol. The van der Waals surface area contributed by atoms with E-state index in [4.69, 9.17) is 10.8 Å². The van der Waals surface area contributed by atoms with Gasteiger partial charge in [-0.15, -0.1) is 0 Å². The van der Waals surface area contributed by atoms with Crippen molar-refractivity contribution in [1.29, 1.82) is 0 Å². The molecule has 84 valence electrons. The van der Waals surface area contributed by atoms with Gasteiger partial charge in [0.05, 0.1) is 12.0 Å². The zero-order chi connectivity index (χ0) is 11.3. The Bertz CT molecular complexity index is 181. The highest BCUT2D eigenvalue weighted by Crippen LogP contribution is 2.12. The van der Waals surface area contributed by atoms with Gasteiger partial charge in [-0.2, -0.15) is 0 Å². The molecular weight excluding hydrogens is 180 g/mol. The minimum Gasteiger partial charge on any atom is -0.392 e. The second kappa shape index (κ2) is 5.98. The minimum absolute atomic E-state index is 0.0170. The molecule has 4 heteroatoms. The minimum atomic E-state index is -0.491. The molecule has 0 aromatic heterocycles. The summed E-state index contributed by atoms with van der Waals surface area (Å²) in [5.41, 5.74) is 5.53. The van der Waals surface area contributed by atoms with Gasteiger partial charge in [0, 0.05) is 20.1 Å². The molecule has 0 fully saturated rings. The van der Waals surface area contributed by atoms with Gasteiger partial charge in [0.25, 0.3) is 0 Å². The fourth-order valence-electron chi connectivity index (χ4n) is 1.43. The van der Waals surface area contributed by atoms with Crippen molar-refractivity contribution >= 4 is 5.91 Å². The van der Waals surface area contributed by atoms with Gasteiger partial charge in [0.2, 0.25) is 5.91 Å². The molecule has 0 aliphatic heterocycles. The Kier molecular flexibility index (Phi) is 5.72. The van der Waals surface area contributed by atoms with E-state index in [0.29, 0.717) is 13.1 Å². The maximum absolute atomic E-state index is 11.8. The number of carbonyl (C=O) groups is 1. The molecule has 0 aliphatic rings. The molecule has 0 aromatic carbocycles. The third-order valence-electron chi connectivity index (χ3n) is 2.29. The lowest BCUT2D eigenvalue weighted by Crippen LogP contribution is -2.41. The van der Waals surface area contributed by atoms with Gasteiger partial charge in [-0.3, -0.25) is 4.79 Å². The Balaban J connectivity index is 4.27. The van der Waals surface area contributed by atoms with Crippen molar-refractivity contribution in [3.05, 3.63) is 0 Å². The Morgan fingerprint density at radius 2 is 1.93 bits per heavy atom. The van der Waals surface area contributed by atoms with Gasteiger partial charge >= 0.3 is 0 Å². The van der Waals surface area contributed by atoms with E-state index in [1.807, 2.05) is 13.8 Å². The van der Waals surface area contributed by atoms with E-state index in [9.17, 15) is 4.79 Å². The molecule has 0 heterocycles. The highest BCUT2D eigenvalue weighted by Gasteiger charge is 2.24. The third kappa shape index (κ3) is 4.07. The smallest absolute Gasteiger partial charge is 0.227 e. The fourth-order valence-corrected chi connectivity index (χ4v) is 1.43. The lowest BCUT2D eigenvalue weighted by Gasteiger charge is -2.26. The van der Waals surface area contributed by atoms with Crippen LogP contribution in [0.4, 0.5) is 0 Å². The fraction of sp³-hybridized carbons (Fsp3) is 0.900. The number of hydrogen-bond donors (Lipinski definition) is 2. The van der Waals surface area contributed by atoms with E-state index in [0.717, 1.165) is 0 Å². The summed E-state index contributed by atoms with van der Waals surface area (Å²) in [5.74, 6) is 0.117. The molecule has 0 radical (unpaired) electrons. The van der Waals surface area contributed by atoms with Gasteiger partial charge in [-0.1, -0.05) is 13.8 Å². The zero-order valence-corrected chi connectivity index (χ0v) is 9.53. The SMILES string of the molecule is CC(O)CN(C)C(=O)C(CN)C(C)C. The maximum atomic E-state index is 11.8. The number of aliphatic hydroxyl groups is 1. The molecule has 2 unspecified atom stereocenters. The van der Waals surface area contributed by atoms with Crippen LogP contribution in [0.15, 0.2) is 0 Å². The number of likely N-dealkylation sites (N-methyl/N-ethyl adjacent to an activating group) is 1. The lowest BCUT2D eigenvalue weighted by atomic mass is 9.94. The van der Waals surface area contributed by atoms with E-state index in [2.05, 4.69) is 0 Å². The number of rotatable bonds is 5. The van der Waals surface area contributed by atoms with Gasteiger partial charge in [-0.25, -0.2) is 0 Å². The summed E-state index contributed by atoms with van der Waals surface area (Å²) < 4.78 is 0. The number of aliphatic hydroxyl groups excluding tert-OH is 1. The number of carbonyl (C=O) groups excluding carboxylic acids is 1. The molecule has 4 nitrogen and oxygen atoms in total. The van der Waals surface area contributed by atoms with Crippen LogP contribution in [0.25, 0.3) is 0 Å². The summed E-state index contributed by atoms with van der Waals surface area (Å²) in [6, 6.07) is 0. The first kappa shape index (κ1) is 13.4. The topological polar surface area (TPSA) is 66.6 Å². The second-order valence-corrected chi connectivity index (χ2v) is 4.15. The van der Waals surface area contributed by atoms with Crippen LogP contribution in [0.2, 0.25) is 0 Å². The number of nitrogens with two attached hydrogens (primary N) is 1. The van der Waals surface area contributed by atoms with Crippen molar-refractivity contribution in [3.63, 3.8) is 0 Å². The molecule has 0 rings (SSSR count). The normalized spacial score (nSPS) is 15.4. The lowest BCUT2D eigenvalue weighted by molar-refractivity contribution is -0.136. The summed E-state index contributed by atoms with van der Waals surface area (Å²) in [5, 5.41) is 9.14. The molecule has 3 N–H and O–H groups in total. The molecule has 0 saturated carbocycles. The van der Waals surface area contributed by atoms with Crippen molar-refractivity contribution in [2.24, 2.45) is 17.6 Å². The van der Waals surface area contributed by atoms with E-state index in [1.165, 1.54) is 0 Å². The van der Waals surface area contributed by atoms with Crippen LogP contribution in [0, 0.1) is 11.8 Å². The molecule has 0 spiro atoms. The van der Waals surface area contributed by atoms with E-state index < -0.39 is 6.10 Å². The van der Waals surface area contributed by atoms with Crippen LogP contribution in [-0.4, -0.2) is 42.2 Å². The van der Waals surface area contributed by atoms with Crippen molar-refractivity contribution in [3.8, 4) is 0 Å². The van der Waals surface area contributed by atoms with E-state index in [-0.39, 0.29) is 17.7 Å². The largest absolute Gasteiger partial charge is 0.392 e. The Morgan fingerprint density at radius 3 is 2.21 bits per heavy atom. The van der Waals surface area contributed by atoms with Crippen molar-refractivity contribution < 1.29 is 9.90 Å². The second-order valence-electron chi connectivity index (χ2n) is 4.15. The number of amides is 1. The first-order valence-corrected chi connectivity index (χ1v) is 5.03. The maximum Gasteiger partial charge on any atom is 0.227 e. The summed E-state index contributed by atoms with van der Waals surface area (Å²) >= 11 is 0. The van der Waals surface area contributed by atoms with Gasteiger partial charge < -0.3 is 15.7 Å². The van der Waals surface area contributed by atoms with Crippen LogP contribution < -0.4 is 5.73 Å². The summed E-state index contributed by atoms with van der Waals surface area (Å²) in [4.78, 5) is 13.3. The third-order valence-corrected chi connectivity index (χ3v) is 2.29. The molecule has 1 amide bonds. The highest BCUT2D eigenvalue weighted by atomic mass is 16.3. The van der Waals surface area contributed by atoms with Crippen molar-refractivity contribution in [2.45, 2.75) is 26.9 Å². The molecule has 0 aliphatic carbocycles. The molecule has 14 heavy (non-hydrogen) atoms. The molecular formula is C10H22N2O2. The van der Waals surface area contributed by atoms with Crippen molar-refractivity contribution in [1.82, 2.24) is 4.90 Å². The number of nitrogens with zero attached hydrogens (tertiary/aromatic N) is 1.